The van der Waals surface area contributed by atoms with Crippen molar-refractivity contribution in [2.45, 2.75) is 71.3 Å². The second-order valence-corrected chi connectivity index (χ2v) is 5.38. The normalized spacial score (nSPS) is 17.8. The topological polar surface area (TPSA) is 46.2 Å². The Hall–Kier alpha value is -0.860. The molecule has 3 heteroatoms. The maximum atomic E-state index is 11.7. The van der Waals surface area contributed by atoms with E-state index in [1.54, 1.807) is 0 Å². The van der Waals surface area contributed by atoms with Crippen molar-refractivity contribution in [3.8, 4) is 0 Å². The van der Waals surface area contributed by atoms with Gasteiger partial charge in [0.1, 0.15) is 5.78 Å². The summed E-state index contributed by atoms with van der Waals surface area (Å²) in [5, 5.41) is 3.06. The number of rotatable bonds is 5. The van der Waals surface area contributed by atoms with E-state index in [9.17, 15) is 9.59 Å². The van der Waals surface area contributed by atoms with E-state index in [0.29, 0.717) is 18.9 Å². The maximum Gasteiger partial charge on any atom is 0.220 e. The van der Waals surface area contributed by atoms with Gasteiger partial charge in [0.05, 0.1) is 0 Å². The van der Waals surface area contributed by atoms with E-state index < -0.39 is 0 Å². The Morgan fingerprint density at radius 1 is 1.06 bits per heavy atom. The summed E-state index contributed by atoms with van der Waals surface area (Å²) in [6, 6.07) is 0.346. The van der Waals surface area contributed by atoms with Gasteiger partial charge >= 0.3 is 0 Å². The molecule has 1 amide bonds. The van der Waals surface area contributed by atoms with Crippen molar-refractivity contribution >= 4 is 11.7 Å². The van der Waals surface area contributed by atoms with Crippen LogP contribution in [0.5, 0.6) is 0 Å². The molecule has 0 heterocycles. The van der Waals surface area contributed by atoms with Crippen LogP contribution in [0.4, 0.5) is 0 Å². The molecule has 0 aliphatic heterocycles. The third kappa shape index (κ3) is 5.85. The molecule has 17 heavy (non-hydrogen) atoms. The molecular weight excluding hydrogens is 214 g/mol. The smallest absolute Gasteiger partial charge is 0.220 e. The number of carbonyl (C=O) groups is 2. The minimum Gasteiger partial charge on any atom is -0.353 e. The molecule has 0 spiro atoms. The second kappa shape index (κ2) is 7.46. The van der Waals surface area contributed by atoms with Gasteiger partial charge < -0.3 is 5.32 Å². The Morgan fingerprint density at radius 3 is 2.18 bits per heavy atom. The summed E-state index contributed by atoms with van der Waals surface area (Å²) >= 11 is 0. The zero-order valence-corrected chi connectivity index (χ0v) is 11.1. The van der Waals surface area contributed by atoms with E-state index in [1.807, 2.05) is 13.8 Å². The zero-order valence-electron chi connectivity index (χ0n) is 11.1. The van der Waals surface area contributed by atoms with Gasteiger partial charge in [0.15, 0.2) is 0 Å². The molecule has 3 nitrogen and oxygen atoms in total. The summed E-state index contributed by atoms with van der Waals surface area (Å²) in [5.41, 5.74) is 0. The molecule has 1 aliphatic rings. The summed E-state index contributed by atoms with van der Waals surface area (Å²) < 4.78 is 0. The van der Waals surface area contributed by atoms with Crippen molar-refractivity contribution in [1.82, 2.24) is 5.32 Å². The van der Waals surface area contributed by atoms with Gasteiger partial charge in [-0.2, -0.15) is 0 Å². The number of nitrogens with one attached hydrogen (secondary N) is 1. The molecule has 1 aliphatic carbocycles. The lowest BCUT2D eigenvalue weighted by molar-refractivity contribution is -0.127. The first-order valence-electron chi connectivity index (χ1n) is 6.91. The highest BCUT2D eigenvalue weighted by molar-refractivity contribution is 5.86. The van der Waals surface area contributed by atoms with Crippen molar-refractivity contribution in [3.05, 3.63) is 0 Å². The van der Waals surface area contributed by atoms with E-state index in [2.05, 4.69) is 5.32 Å². The average Bonchev–Trinajstić information content (AvgIpc) is 2.54. The van der Waals surface area contributed by atoms with Gasteiger partial charge in [-0.1, -0.05) is 39.5 Å². The van der Waals surface area contributed by atoms with Gasteiger partial charge in [-0.05, 0) is 12.8 Å². The summed E-state index contributed by atoms with van der Waals surface area (Å²) in [6.07, 6.45) is 7.96. The molecule has 0 atom stereocenters. The minimum absolute atomic E-state index is 0.0423. The highest BCUT2D eigenvalue weighted by atomic mass is 16.2. The molecule has 0 unspecified atom stereocenters. The average molecular weight is 239 g/mol. The highest BCUT2D eigenvalue weighted by Crippen LogP contribution is 2.17. The second-order valence-electron chi connectivity index (χ2n) is 5.38. The van der Waals surface area contributed by atoms with Crippen LogP contribution in [0, 0.1) is 5.92 Å². The van der Waals surface area contributed by atoms with Crippen LogP contribution in [0.3, 0.4) is 0 Å². The van der Waals surface area contributed by atoms with Gasteiger partial charge in [0.2, 0.25) is 5.91 Å². The predicted molar refractivity (Wildman–Crippen MR) is 68.7 cm³/mol. The molecule has 1 N–H and O–H groups in total. The summed E-state index contributed by atoms with van der Waals surface area (Å²) in [4.78, 5) is 23.1. The number of amides is 1. The Balaban J connectivity index is 2.21. The van der Waals surface area contributed by atoms with E-state index in [4.69, 9.17) is 0 Å². The first-order chi connectivity index (χ1) is 8.09. The van der Waals surface area contributed by atoms with E-state index >= 15 is 0 Å². The van der Waals surface area contributed by atoms with Gasteiger partial charge in [0, 0.05) is 24.8 Å². The van der Waals surface area contributed by atoms with Gasteiger partial charge in [-0.3, -0.25) is 9.59 Å². The monoisotopic (exact) mass is 239 g/mol. The first kappa shape index (κ1) is 14.2. The van der Waals surface area contributed by atoms with Crippen LogP contribution in [0.25, 0.3) is 0 Å². The van der Waals surface area contributed by atoms with Gasteiger partial charge in [-0.15, -0.1) is 0 Å². The van der Waals surface area contributed by atoms with Crippen LogP contribution in [0.15, 0.2) is 0 Å². The Kier molecular flexibility index (Phi) is 6.23. The number of hydrogen-bond donors (Lipinski definition) is 1. The SMILES string of the molecule is CC(C)C(=O)CCC(=O)NC1CCCCCC1. The van der Waals surface area contributed by atoms with Crippen LogP contribution in [-0.4, -0.2) is 17.7 Å². The molecular formula is C14H25NO2. The number of ketones is 1. The number of carbonyl (C=O) groups excluding carboxylic acids is 2. The van der Waals surface area contributed by atoms with Crippen molar-refractivity contribution in [3.63, 3.8) is 0 Å². The van der Waals surface area contributed by atoms with Crippen molar-refractivity contribution in [2.24, 2.45) is 5.92 Å². The molecule has 1 saturated carbocycles. The lowest BCUT2D eigenvalue weighted by Crippen LogP contribution is -2.34. The molecule has 0 saturated heterocycles. The van der Waals surface area contributed by atoms with Crippen LogP contribution in [0.2, 0.25) is 0 Å². The number of hydrogen-bond acceptors (Lipinski definition) is 2. The van der Waals surface area contributed by atoms with Crippen LogP contribution >= 0.6 is 0 Å². The van der Waals surface area contributed by atoms with Crippen LogP contribution < -0.4 is 5.32 Å². The van der Waals surface area contributed by atoms with Crippen molar-refractivity contribution in [1.29, 1.82) is 0 Å². The van der Waals surface area contributed by atoms with E-state index in [1.165, 1.54) is 25.7 Å². The van der Waals surface area contributed by atoms with Crippen LogP contribution in [0.1, 0.15) is 65.2 Å². The first-order valence-corrected chi connectivity index (χ1v) is 6.91. The summed E-state index contributed by atoms with van der Waals surface area (Å²) in [7, 11) is 0. The molecule has 0 aromatic rings. The third-order valence-corrected chi connectivity index (χ3v) is 3.46. The fraction of sp³-hybridized carbons (Fsp3) is 0.857. The summed E-state index contributed by atoms with van der Waals surface area (Å²) in [5.74, 6) is 0.271. The third-order valence-electron chi connectivity index (χ3n) is 3.46. The fourth-order valence-electron chi connectivity index (χ4n) is 2.25. The molecule has 0 radical (unpaired) electrons. The number of Topliss-reactive ketones (excluding diaryl/α,β-unsaturated/α-hetero) is 1. The fourth-order valence-corrected chi connectivity index (χ4v) is 2.25. The van der Waals surface area contributed by atoms with E-state index in [-0.39, 0.29) is 17.6 Å². The predicted octanol–water partition coefficient (Wildman–Crippen LogP) is 2.83. The molecule has 1 rings (SSSR count). The Bertz CT molecular complexity index is 253. The zero-order chi connectivity index (χ0) is 12.7. The van der Waals surface area contributed by atoms with Crippen molar-refractivity contribution in [2.75, 3.05) is 0 Å². The Labute approximate surface area is 104 Å². The quantitative estimate of drug-likeness (QED) is 0.750. The molecule has 0 bridgehead atoms. The van der Waals surface area contributed by atoms with Crippen molar-refractivity contribution < 1.29 is 9.59 Å². The lowest BCUT2D eigenvalue weighted by atomic mass is 10.0. The molecule has 1 fully saturated rings. The lowest BCUT2D eigenvalue weighted by Gasteiger charge is -2.16. The van der Waals surface area contributed by atoms with E-state index in [0.717, 1.165) is 12.8 Å². The highest BCUT2D eigenvalue weighted by Gasteiger charge is 2.15. The van der Waals surface area contributed by atoms with Gasteiger partial charge in [0.25, 0.3) is 0 Å². The maximum absolute atomic E-state index is 11.7. The Morgan fingerprint density at radius 2 is 1.65 bits per heavy atom. The summed E-state index contributed by atoms with van der Waals surface area (Å²) in [6.45, 7) is 3.76. The van der Waals surface area contributed by atoms with Crippen LogP contribution in [-0.2, 0) is 9.59 Å². The standard InChI is InChI=1S/C14H25NO2/c1-11(2)13(16)9-10-14(17)15-12-7-5-3-4-6-8-12/h11-12H,3-10H2,1-2H3,(H,15,17). The molecule has 98 valence electrons. The largest absolute Gasteiger partial charge is 0.353 e. The van der Waals surface area contributed by atoms with Gasteiger partial charge in [-0.25, -0.2) is 0 Å². The minimum atomic E-state index is 0.0423. The molecule has 0 aromatic carbocycles. The molecule has 0 aromatic heterocycles.